The van der Waals surface area contributed by atoms with Gasteiger partial charge in [-0.15, -0.1) is 0 Å². The second-order valence-electron chi connectivity index (χ2n) is 2.31. The van der Waals surface area contributed by atoms with E-state index in [1.165, 1.54) is 0 Å². The van der Waals surface area contributed by atoms with Crippen molar-refractivity contribution in [3.8, 4) is 0 Å². The predicted octanol–water partition coefficient (Wildman–Crippen LogP) is -3.59. The van der Waals surface area contributed by atoms with E-state index in [4.69, 9.17) is 33.4 Å². The Balaban J connectivity index is 4.38. The summed E-state index contributed by atoms with van der Waals surface area (Å²) in [6.45, 7) is -3.96. The van der Waals surface area contributed by atoms with Crippen molar-refractivity contribution in [3.63, 3.8) is 0 Å². The summed E-state index contributed by atoms with van der Waals surface area (Å²) >= 11 is 0. The van der Waals surface area contributed by atoms with Crippen LogP contribution < -0.4 is 0 Å². The van der Waals surface area contributed by atoms with E-state index in [0.717, 1.165) is 0 Å². The van der Waals surface area contributed by atoms with E-state index in [1.807, 2.05) is 0 Å². The molecule has 0 aromatic carbocycles. The molecule has 6 heteroatoms. The highest BCUT2D eigenvalue weighted by atomic mass is 16.4. The molecule has 0 amide bonds. The van der Waals surface area contributed by atoms with Crippen LogP contribution in [-0.4, -0.2) is 68.2 Å². The zero-order valence-corrected chi connectivity index (χ0v) is 6.20. The van der Waals surface area contributed by atoms with Crippen molar-refractivity contribution >= 4 is 0 Å². The Morgan fingerprint density at radius 1 is 0.917 bits per heavy atom. The SMILES string of the molecule is [2H][13C]([2H])(O)[C@@H](O)[C@@H](O)[C@H](O)[C@@H](O)CO. The van der Waals surface area contributed by atoms with Crippen LogP contribution in [0.5, 0.6) is 0 Å². The second-order valence-corrected chi connectivity index (χ2v) is 2.31. The Labute approximate surface area is 72.1 Å². The van der Waals surface area contributed by atoms with Crippen molar-refractivity contribution in [2.75, 3.05) is 13.2 Å². The first-order valence-electron chi connectivity index (χ1n) is 4.27. The molecule has 0 unspecified atom stereocenters. The molecule has 0 aliphatic rings. The van der Waals surface area contributed by atoms with E-state index in [-0.39, 0.29) is 0 Å². The van der Waals surface area contributed by atoms with Gasteiger partial charge in [0.1, 0.15) is 24.4 Å². The van der Waals surface area contributed by atoms with Gasteiger partial charge in [-0.1, -0.05) is 0 Å². The molecule has 0 aromatic heterocycles. The van der Waals surface area contributed by atoms with Crippen LogP contribution in [0.3, 0.4) is 0 Å². The molecule has 74 valence electrons. The number of hydrogen-bond acceptors (Lipinski definition) is 6. The number of hydrogen-bond donors (Lipinski definition) is 6. The van der Waals surface area contributed by atoms with E-state index < -0.39 is 37.6 Å². The first kappa shape index (κ1) is 8.36. The smallest absolute Gasteiger partial charge is 0.111 e. The highest BCUT2D eigenvalue weighted by Crippen LogP contribution is 2.03. The van der Waals surface area contributed by atoms with Gasteiger partial charge in [-0.05, 0) is 0 Å². The Kier molecular flexibility index (Phi) is 3.77. The molecule has 0 aromatic rings. The van der Waals surface area contributed by atoms with Gasteiger partial charge in [-0.25, -0.2) is 0 Å². The van der Waals surface area contributed by atoms with Gasteiger partial charge in [0.25, 0.3) is 0 Å². The van der Waals surface area contributed by atoms with Crippen molar-refractivity contribution in [2.24, 2.45) is 0 Å². The molecule has 0 saturated carbocycles. The lowest BCUT2D eigenvalue weighted by molar-refractivity contribution is -0.123. The average Bonchev–Trinajstić information content (AvgIpc) is 2.11. The molecule has 0 saturated heterocycles. The van der Waals surface area contributed by atoms with E-state index >= 15 is 0 Å². The molecule has 0 aliphatic carbocycles. The standard InChI is InChI=1S/C6H14O6/c7-1-3(9)5(11)6(12)4(10)2-8/h3-12H,1-2H2/t3-,4+,5-,6-/m1/s1/i1+1D2. The first-order valence-corrected chi connectivity index (χ1v) is 3.27. The van der Waals surface area contributed by atoms with Crippen LogP contribution in [0.25, 0.3) is 0 Å². The molecule has 0 spiro atoms. The van der Waals surface area contributed by atoms with Gasteiger partial charge in [0.05, 0.1) is 15.9 Å². The van der Waals surface area contributed by atoms with Crippen LogP contribution in [0.4, 0.5) is 0 Å². The summed E-state index contributed by atoms with van der Waals surface area (Å²) in [4.78, 5) is 0. The van der Waals surface area contributed by atoms with Gasteiger partial charge in [-0.3, -0.25) is 0 Å². The zero-order chi connectivity index (χ0) is 11.5. The molecule has 0 fully saturated rings. The molecule has 0 heterocycles. The molecule has 12 heavy (non-hydrogen) atoms. The topological polar surface area (TPSA) is 121 Å². The zero-order valence-electron chi connectivity index (χ0n) is 8.20. The van der Waals surface area contributed by atoms with Gasteiger partial charge >= 0.3 is 0 Å². The van der Waals surface area contributed by atoms with Crippen LogP contribution in [-0.2, 0) is 0 Å². The highest BCUT2D eigenvalue weighted by Gasteiger charge is 2.29. The summed E-state index contributed by atoms with van der Waals surface area (Å²) in [6, 6.07) is 0. The fraction of sp³-hybridized carbons (Fsp3) is 1.00. The average molecular weight is 185 g/mol. The maximum Gasteiger partial charge on any atom is 0.111 e. The minimum Gasteiger partial charge on any atom is -0.394 e. The fourth-order valence-corrected chi connectivity index (χ4v) is 0.599. The van der Waals surface area contributed by atoms with E-state index in [9.17, 15) is 0 Å². The van der Waals surface area contributed by atoms with Crippen LogP contribution in [0, 0.1) is 0 Å². The predicted molar refractivity (Wildman–Crippen MR) is 38.2 cm³/mol. The quantitative estimate of drug-likeness (QED) is 0.246. The van der Waals surface area contributed by atoms with Crippen LogP contribution in [0.2, 0.25) is 0 Å². The van der Waals surface area contributed by atoms with E-state index in [0.29, 0.717) is 0 Å². The lowest BCUT2D eigenvalue weighted by Gasteiger charge is -2.24. The Bertz CT molecular complexity index is 172. The van der Waals surface area contributed by atoms with Crippen molar-refractivity contribution in [1.29, 1.82) is 0 Å². The summed E-state index contributed by atoms with van der Waals surface area (Å²) in [5.41, 5.74) is 0. The Hall–Kier alpha value is -0.240. The molecule has 6 N–H and O–H groups in total. The maximum absolute atomic E-state index is 9.05. The van der Waals surface area contributed by atoms with Crippen molar-refractivity contribution < 1.29 is 33.4 Å². The minimum absolute atomic E-state index is 0.862. The lowest BCUT2D eigenvalue weighted by Crippen LogP contribution is -2.46. The van der Waals surface area contributed by atoms with E-state index in [2.05, 4.69) is 0 Å². The monoisotopic (exact) mass is 185 g/mol. The van der Waals surface area contributed by atoms with Crippen LogP contribution in [0.1, 0.15) is 2.74 Å². The first-order chi connectivity index (χ1) is 6.21. The fourth-order valence-electron chi connectivity index (χ4n) is 0.599. The van der Waals surface area contributed by atoms with Crippen LogP contribution in [0.15, 0.2) is 0 Å². The molecule has 0 radical (unpaired) electrons. The Morgan fingerprint density at radius 3 is 1.67 bits per heavy atom. The van der Waals surface area contributed by atoms with Gasteiger partial charge in [0.15, 0.2) is 0 Å². The Morgan fingerprint density at radius 2 is 1.33 bits per heavy atom. The minimum atomic E-state index is -3.10. The lowest BCUT2D eigenvalue weighted by atomic mass is 10.1. The number of aliphatic hydroxyl groups excluding tert-OH is 5. The molecule has 0 aliphatic heterocycles. The summed E-state index contributed by atoms with van der Waals surface area (Å²) in [5.74, 6) is 0. The summed E-state index contributed by atoms with van der Waals surface area (Å²) in [6.07, 6.45) is -8.05. The number of rotatable bonds is 5. The summed E-state index contributed by atoms with van der Waals surface area (Å²) in [7, 11) is 0. The van der Waals surface area contributed by atoms with Gasteiger partial charge < -0.3 is 30.6 Å². The molecule has 0 rings (SSSR count). The van der Waals surface area contributed by atoms with Crippen molar-refractivity contribution in [3.05, 3.63) is 0 Å². The molecule has 4 atom stereocenters. The van der Waals surface area contributed by atoms with Gasteiger partial charge in [0.2, 0.25) is 0 Å². The van der Waals surface area contributed by atoms with Crippen molar-refractivity contribution in [1.82, 2.24) is 0 Å². The maximum atomic E-state index is 9.05. The van der Waals surface area contributed by atoms with Gasteiger partial charge in [0, 0.05) is 0 Å². The summed E-state index contributed by atoms with van der Waals surface area (Å²) < 4.78 is 13.2. The second kappa shape index (κ2) is 5.41. The summed E-state index contributed by atoms with van der Waals surface area (Å²) in [5, 5.41) is 52.9. The highest BCUT2D eigenvalue weighted by molar-refractivity contribution is 4.79. The van der Waals surface area contributed by atoms with E-state index in [1.54, 1.807) is 0 Å². The van der Waals surface area contributed by atoms with Crippen molar-refractivity contribution in [2.45, 2.75) is 24.4 Å². The third-order valence-corrected chi connectivity index (χ3v) is 1.39. The van der Waals surface area contributed by atoms with Gasteiger partial charge in [-0.2, -0.15) is 0 Å². The molecular weight excluding hydrogens is 169 g/mol. The van der Waals surface area contributed by atoms with Crippen LogP contribution >= 0.6 is 0 Å². The molecular formula is C6H14O6. The third-order valence-electron chi connectivity index (χ3n) is 1.39. The third kappa shape index (κ3) is 3.02. The largest absolute Gasteiger partial charge is 0.394 e. The number of aliphatic hydroxyl groups is 6. The molecule has 6 nitrogen and oxygen atoms in total. The normalized spacial score (nSPS) is 25.2. The molecule has 0 bridgehead atoms.